The van der Waals surface area contributed by atoms with Crippen LogP contribution in [0.4, 0.5) is 0 Å². The molecule has 104 valence electrons. The van der Waals surface area contributed by atoms with Crippen molar-refractivity contribution in [1.29, 1.82) is 0 Å². The number of carboxylic acid groups (broad SMARTS) is 1. The third-order valence-corrected chi connectivity index (χ3v) is 3.27. The summed E-state index contributed by atoms with van der Waals surface area (Å²) in [6.07, 6.45) is 2.21. The number of aliphatic carboxylic acids is 1. The molecule has 0 fully saturated rings. The first-order valence-electron chi connectivity index (χ1n) is 5.29. The lowest BCUT2D eigenvalue weighted by atomic mass is 10.2. The van der Waals surface area contributed by atoms with E-state index in [1.54, 1.807) is 0 Å². The number of carbonyl (C=O) groups excluding carboxylic acids is 1. The summed E-state index contributed by atoms with van der Waals surface area (Å²) in [5.74, 6) is -0.983. The first-order chi connectivity index (χ1) is 8.93. The molecule has 1 aromatic heterocycles. The molecule has 0 radical (unpaired) electrons. The van der Waals surface area contributed by atoms with Gasteiger partial charge < -0.3 is 10.4 Å². The summed E-state index contributed by atoms with van der Waals surface area (Å²) in [7, 11) is 0. The summed E-state index contributed by atoms with van der Waals surface area (Å²) in [4.78, 5) is 26.6. The molecule has 1 rings (SSSR count). The van der Waals surface area contributed by atoms with Gasteiger partial charge in [0, 0.05) is 5.56 Å². The first-order valence-corrected chi connectivity index (χ1v) is 7.44. The van der Waals surface area contributed by atoms with Gasteiger partial charge in [0.05, 0.1) is 0 Å². The number of nitrogens with zero attached hydrogens (tertiary/aromatic N) is 1. The van der Waals surface area contributed by atoms with Gasteiger partial charge in [-0.15, -0.1) is 0 Å². The van der Waals surface area contributed by atoms with Crippen LogP contribution in [0.2, 0.25) is 10.3 Å². The highest BCUT2D eigenvalue weighted by atomic mass is 35.5. The minimum absolute atomic E-state index is 0.0774. The van der Waals surface area contributed by atoms with E-state index in [2.05, 4.69) is 10.3 Å². The first kappa shape index (κ1) is 16.1. The molecule has 0 bridgehead atoms. The van der Waals surface area contributed by atoms with Crippen molar-refractivity contribution in [3.63, 3.8) is 0 Å². The predicted molar refractivity (Wildman–Crippen MR) is 76.1 cm³/mol. The van der Waals surface area contributed by atoms with Crippen molar-refractivity contribution in [3.8, 4) is 0 Å². The Morgan fingerprint density at radius 3 is 2.47 bits per heavy atom. The Kier molecular flexibility index (Phi) is 6.41. The van der Waals surface area contributed by atoms with Crippen molar-refractivity contribution in [1.82, 2.24) is 10.3 Å². The number of halogens is 2. The number of carbonyl (C=O) groups is 2. The van der Waals surface area contributed by atoms with E-state index in [1.807, 2.05) is 6.26 Å². The van der Waals surface area contributed by atoms with Crippen molar-refractivity contribution in [2.75, 3.05) is 12.0 Å². The van der Waals surface area contributed by atoms with Crippen LogP contribution in [-0.4, -0.2) is 40.0 Å². The fourth-order valence-corrected chi connectivity index (χ4v) is 2.26. The van der Waals surface area contributed by atoms with E-state index < -0.39 is 17.9 Å². The molecule has 0 aliphatic heterocycles. The molecule has 0 aromatic carbocycles. The summed E-state index contributed by atoms with van der Waals surface area (Å²) in [5.41, 5.74) is 0.181. The van der Waals surface area contributed by atoms with E-state index in [-0.39, 0.29) is 15.9 Å². The van der Waals surface area contributed by atoms with Gasteiger partial charge in [-0.1, -0.05) is 23.2 Å². The lowest BCUT2D eigenvalue weighted by molar-refractivity contribution is -0.139. The van der Waals surface area contributed by atoms with Crippen LogP contribution >= 0.6 is 35.0 Å². The van der Waals surface area contributed by atoms with Gasteiger partial charge in [0.2, 0.25) is 0 Å². The summed E-state index contributed by atoms with van der Waals surface area (Å²) in [6.45, 7) is 0. The molecule has 2 N–H and O–H groups in total. The van der Waals surface area contributed by atoms with Gasteiger partial charge in [-0.3, -0.25) is 4.79 Å². The van der Waals surface area contributed by atoms with Gasteiger partial charge in [-0.2, -0.15) is 11.8 Å². The summed E-state index contributed by atoms with van der Waals surface area (Å²) in [6, 6.07) is 1.72. The molecule has 0 saturated carbocycles. The summed E-state index contributed by atoms with van der Waals surface area (Å²) >= 11 is 12.9. The van der Waals surface area contributed by atoms with E-state index in [9.17, 15) is 9.59 Å². The largest absolute Gasteiger partial charge is 0.480 e. The second-order valence-corrected chi connectivity index (χ2v) is 5.41. The Balaban J connectivity index is 2.78. The van der Waals surface area contributed by atoms with Crippen LogP contribution in [0.25, 0.3) is 0 Å². The van der Waals surface area contributed by atoms with Crippen LogP contribution in [-0.2, 0) is 4.79 Å². The average molecular weight is 323 g/mol. The SMILES string of the molecule is CSCCC(NC(=O)c1cc(Cl)nc(Cl)c1)C(=O)O. The Labute approximate surface area is 124 Å². The second-order valence-electron chi connectivity index (χ2n) is 3.65. The fraction of sp³-hybridized carbons (Fsp3) is 0.364. The van der Waals surface area contributed by atoms with Gasteiger partial charge in [0.25, 0.3) is 5.91 Å². The van der Waals surface area contributed by atoms with Gasteiger partial charge in [-0.05, 0) is 30.6 Å². The standard InChI is InChI=1S/C11H12Cl2N2O3S/c1-19-3-2-7(11(17)18)14-10(16)6-4-8(12)15-9(13)5-6/h4-5,7H,2-3H2,1H3,(H,14,16)(H,17,18). The molecule has 5 nitrogen and oxygen atoms in total. The van der Waals surface area contributed by atoms with Crippen LogP contribution in [0.5, 0.6) is 0 Å². The fourth-order valence-electron chi connectivity index (χ4n) is 1.33. The van der Waals surface area contributed by atoms with Gasteiger partial charge in [-0.25, -0.2) is 9.78 Å². The average Bonchev–Trinajstić information content (AvgIpc) is 2.32. The van der Waals surface area contributed by atoms with Crippen LogP contribution < -0.4 is 5.32 Å². The van der Waals surface area contributed by atoms with Gasteiger partial charge in [0.15, 0.2) is 0 Å². The quantitative estimate of drug-likeness (QED) is 0.786. The van der Waals surface area contributed by atoms with Crippen molar-refractivity contribution >= 4 is 46.8 Å². The number of nitrogens with one attached hydrogen (secondary N) is 1. The van der Waals surface area contributed by atoms with Crippen molar-refractivity contribution in [2.24, 2.45) is 0 Å². The van der Waals surface area contributed by atoms with Gasteiger partial charge >= 0.3 is 5.97 Å². The number of rotatable bonds is 6. The minimum Gasteiger partial charge on any atom is -0.480 e. The number of hydrogen-bond acceptors (Lipinski definition) is 4. The van der Waals surface area contributed by atoms with Crippen LogP contribution in [0.1, 0.15) is 16.8 Å². The predicted octanol–water partition coefficient (Wildman–Crippen LogP) is 2.32. The van der Waals surface area contributed by atoms with E-state index in [0.29, 0.717) is 12.2 Å². The molecule has 0 aliphatic rings. The zero-order valence-corrected chi connectivity index (χ0v) is 12.3. The smallest absolute Gasteiger partial charge is 0.326 e. The van der Waals surface area contributed by atoms with Crippen LogP contribution in [0.3, 0.4) is 0 Å². The molecule has 8 heteroatoms. The molecule has 1 unspecified atom stereocenters. The molecule has 0 spiro atoms. The third kappa shape index (κ3) is 5.26. The molecular formula is C11H12Cl2N2O3S. The van der Waals surface area contributed by atoms with Gasteiger partial charge in [0.1, 0.15) is 16.3 Å². The van der Waals surface area contributed by atoms with E-state index in [1.165, 1.54) is 23.9 Å². The van der Waals surface area contributed by atoms with Crippen molar-refractivity contribution < 1.29 is 14.7 Å². The normalized spacial score (nSPS) is 11.9. The Morgan fingerprint density at radius 2 is 2.00 bits per heavy atom. The zero-order chi connectivity index (χ0) is 14.4. The van der Waals surface area contributed by atoms with E-state index in [4.69, 9.17) is 28.3 Å². The topological polar surface area (TPSA) is 79.3 Å². The lowest BCUT2D eigenvalue weighted by Crippen LogP contribution is -2.41. The molecule has 0 saturated heterocycles. The number of amides is 1. The highest BCUT2D eigenvalue weighted by Crippen LogP contribution is 2.15. The Bertz CT molecular complexity index is 465. The van der Waals surface area contributed by atoms with Crippen molar-refractivity contribution in [3.05, 3.63) is 28.0 Å². The van der Waals surface area contributed by atoms with Crippen LogP contribution in [0.15, 0.2) is 12.1 Å². The maximum Gasteiger partial charge on any atom is 0.326 e. The zero-order valence-electron chi connectivity index (χ0n) is 10.0. The highest BCUT2D eigenvalue weighted by Gasteiger charge is 2.20. The van der Waals surface area contributed by atoms with E-state index in [0.717, 1.165) is 0 Å². The number of thioether (sulfide) groups is 1. The maximum atomic E-state index is 11.9. The van der Waals surface area contributed by atoms with E-state index >= 15 is 0 Å². The molecule has 1 aromatic rings. The molecule has 19 heavy (non-hydrogen) atoms. The molecular weight excluding hydrogens is 311 g/mol. The number of pyridine rings is 1. The molecule has 1 heterocycles. The lowest BCUT2D eigenvalue weighted by Gasteiger charge is -2.14. The van der Waals surface area contributed by atoms with Crippen molar-refractivity contribution in [2.45, 2.75) is 12.5 Å². The second kappa shape index (κ2) is 7.57. The Hall–Kier alpha value is -0.980. The maximum absolute atomic E-state index is 11.9. The van der Waals surface area contributed by atoms with Crippen LogP contribution in [0, 0.1) is 0 Å². The molecule has 1 atom stereocenters. The summed E-state index contributed by atoms with van der Waals surface area (Å²) < 4.78 is 0. The minimum atomic E-state index is -1.08. The monoisotopic (exact) mass is 322 g/mol. The molecule has 1 amide bonds. The number of aromatic nitrogens is 1. The Morgan fingerprint density at radius 1 is 1.42 bits per heavy atom. The highest BCUT2D eigenvalue weighted by molar-refractivity contribution is 7.98. The third-order valence-electron chi connectivity index (χ3n) is 2.24. The number of carboxylic acids is 1. The summed E-state index contributed by atoms with van der Waals surface area (Å²) in [5, 5.41) is 11.6. The molecule has 0 aliphatic carbocycles. The number of hydrogen-bond donors (Lipinski definition) is 2.